The normalized spacial score (nSPS) is 14.1. The van der Waals surface area contributed by atoms with E-state index in [9.17, 15) is 4.79 Å². The Balaban J connectivity index is 1.66. The maximum Gasteiger partial charge on any atom is 0.289 e. The lowest BCUT2D eigenvalue weighted by molar-refractivity contribution is -0.122. The van der Waals surface area contributed by atoms with Gasteiger partial charge in [-0.3, -0.25) is 4.79 Å². The molecule has 0 aromatic heterocycles. The minimum atomic E-state index is -0.206. The predicted molar refractivity (Wildman–Crippen MR) is 67.8 cm³/mol. The van der Waals surface area contributed by atoms with Gasteiger partial charge in [0.05, 0.1) is 0 Å². The molecule has 0 spiro atoms. The highest BCUT2D eigenvalue weighted by atomic mass is 16.6. The fourth-order valence-electron chi connectivity index (χ4n) is 1.71. The molecule has 0 saturated carbocycles. The predicted octanol–water partition coefficient (Wildman–Crippen LogP) is 1.62. The van der Waals surface area contributed by atoms with Crippen molar-refractivity contribution < 1.29 is 14.3 Å². The Hall–Kier alpha value is -1.97. The number of aryl methyl sites for hydroxylation is 1. The second kappa shape index (κ2) is 6.69. The molecule has 0 bridgehead atoms. The van der Waals surface area contributed by atoms with E-state index >= 15 is 0 Å². The number of carbonyl (C=O) groups excluding carboxylic acids is 1. The first-order valence-corrected chi connectivity index (χ1v) is 6.13. The Kier molecular flexibility index (Phi) is 4.64. The second-order valence-corrected chi connectivity index (χ2v) is 4.05. The smallest absolute Gasteiger partial charge is 0.289 e. The molecule has 4 nitrogen and oxygen atoms in total. The summed E-state index contributed by atoms with van der Waals surface area (Å²) in [5.41, 5.74) is 1.28. The highest BCUT2D eigenvalue weighted by Crippen LogP contribution is 2.04. The van der Waals surface area contributed by atoms with Crippen LogP contribution in [0.15, 0.2) is 42.4 Å². The number of hydrogen-bond donors (Lipinski definition) is 1. The third kappa shape index (κ3) is 3.80. The molecule has 1 amide bonds. The molecule has 1 N–H and O–H groups in total. The summed E-state index contributed by atoms with van der Waals surface area (Å²) < 4.78 is 10.2. The van der Waals surface area contributed by atoms with Gasteiger partial charge in [-0.25, -0.2) is 0 Å². The van der Waals surface area contributed by atoms with Crippen molar-refractivity contribution in [3.8, 4) is 0 Å². The van der Waals surface area contributed by atoms with Crippen molar-refractivity contribution in [1.82, 2.24) is 5.32 Å². The van der Waals surface area contributed by atoms with Crippen LogP contribution in [0.3, 0.4) is 0 Å². The van der Waals surface area contributed by atoms with Crippen LogP contribution >= 0.6 is 0 Å². The quantitative estimate of drug-likeness (QED) is 0.804. The van der Waals surface area contributed by atoms with Crippen LogP contribution < -0.4 is 5.32 Å². The molecule has 0 aliphatic carbocycles. The minimum absolute atomic E-state index is 0.206. The molecule has 1 aromatic carbocycles. The average Bonchev–Trinajstić information content (AvgIpc) is 2.45. The first-order chi connectivity index (χ1) is 8.86. The van der Waals surface area contributed by atoms with Crippen molar-refractivity contribution in [1.29, 1.82) is 0 Å². The molecule has 1 aromatic rings. The van der Waals surface area contributed by atoms with E-state index < -0.39 is 0 Å². The highest BCUT2D eigenvalue weighted by Gasteiger charge is 2.13. The lowest BCUT2D eigenvalue weighted by Gasteiger charge is -2.14. The lowest BCUT2D eigenvalue weighted by atomic mass is 10.1. The van der Waals surface area contributed by atoms with Crippen molar-refractivity contribution in [3.05, 3.63) is 47.9 Å². The van der Waals surface area contributed by atoms with Gasteiger partial charge in [0.25, 0.3) is 5.91 Å². The van der Waals surface area contributed by atoms with Crippen LogP contribution in [0.1, 0.15) is 12.0 Å². The Morgan fingerprint density at radius 1 is 1.22 bits per heavy atom. The minimum Gasteiger partial charge on any atom is -0.494 e. The molecule has 1 aliphatic rings. The van der Waals surface area contributed by atoms with Crippen LogP contribution in [-0.4, -0.2) is 25.7 Å². The zero-order chi connectivity index (χ0) is 12.6. The maximum atomic E-state index is 11.6. The van der Waals surface area contributed by atoms with E-state index in [2.05, 4.69) is 17.4 Å². The van der Waals surface area contributed by atoms with Gasteiger partial charge in [0, 0.05) is 6.54 Å². The second-order valence-electron chi connectivity index (χ2n) is 4.05. The molecule has 96 valence electrons. The van der Waals surface area contributed by atoms with Gasteiger partial charge < -0.3 is 14.8 Å². The molecule has 0 radical (unpaired) electrons. The fraction of sp³-hybridized carbons (Fsp3) is 0.357. The SMILES string of the molecule is O=C(NCCCc1ccccc1)C1=COCCO1. The first-order valence-electron chi connectivity index (χ1n) is 6.13. The summed E-state index contributed by atoms with van der Waals surface area (Å²) in [4.78, 5) is 11.6. The molecule has 1 aliphatic heterocycles. The number of nitrogens with one attached hydrogen (secondary N) is 1. The van der Waals surface area contributed by atoms with E-state index in [0.29, 0.717) is 19.8 Å². The standard InChI is InChI=1S/C14H17NO3/c16-14(13-11-17-9-10-18-13)15-8-4-7-12-5-2-1-3-6-12/h1-3,5-6,11H,4,7-10H2,(H,15,16). The summed E-state index contributed by atoms with van der Waals surface area (Å²) in [6.07, 6.45) is 3.23. The first kappa shape index (κ1) is 12.5. The third-order valence-corrected chi connectivity index (χ3v) is 2.64. The Labute approximate surface area is 107 Å². The molecular formula is C14H17NO3. The van der Waals surface area contributed by atoms with Crippen molar-refractivity contribution in [2.45, 2.75) is 12.8 Å². The summed E-state index contributed by atoms with van der Waals surface area (Å²) in [7, 11) is 0. The topological polar surface area (TPSA) is 47.6 Å². The van der Waals surface area contributed by atoms with Gasteiger partial charge in [0.15, 0.2) is 0 Å². The summed E-state index contributed by atoms with van der Waals surface area (Å²) in [5.74, 6) is 0.0590. The Morgan fingerprint density at radius 2 is 2.06 bits per heavy atom. The molecule has 1 heterocycles. The van der Waals surface area contributed by atoms with E-state index in [1.807, 2.05) is 18.2 Å². The number of ether oxygens (including phenoxy) is 2. The number of benzene rings is 1. The molecule has 2 rings (SSSR count). The van der Waals surface area contributed by atoms with Crippen LogP contribution in [0, 0.1) is 0 Å². The zero-order valence-corrected chi connectivity index (χ0v) is 10.2. The molecule has 0 unspecified atom stereocenters. The van der Waals surface area contributed by atoms with Crippen LogP contribution in [0.4, 0.5) is 0 Å². The average molecular weight is 247 g/mol. The summed E-state index contributed by atoms with van der Waals surface area (Å²) in [6, 6.07) is 10.2. The van der Waals surface area contributed by atoms with Crippen molar-refractivity contribution >= 4 is 5.91 Å². The van der Waals surface area contributed by atoms with E-state index in [1.54, 1.807) is 0 Å². The van der Waals surface area contributed by atoms with Gasteiger partial charge in [0.1, 0.15) is 19.5 Å². The molecule has 4 heteroatoms. The molecule has 18 heavy (non-hydrogen) atoms. The van der Waals surface area contributed by atoms with Gasteiger partial charge in [-0.15, -0.1) is 0 Å². The number of rotatable bonds is 5. The van der Waals surface area contributed by atoms with E-state index in [-0.39, 0.29) is 11.7 Å². The Bertz CT molecular complexity index is 414. The maximum absolute atomic E-state index is 11.6. The summed E-state index contributed by atoms with van der Waals surface area (Å²) in [5, 5.41) is 2.81. The van der Waals surface area contributed by atoms with Crippen LogP contribution in [-0.2, 0) is 20.7 Å². The van der Waals surface area contributed by atoms with Crippen molar-refractivity contribution in [3.63, 3.8) is 0 Å². The van der Waals surface area contributed by atoms with E-state index in [4.69, 9.17) is 9.47 Å². The van der Waals surface area contributed by atoms with Crippen LogP contribution in [0.25, 0.3) is 0 Å². The van der Waals surface area contributed by atoms with E-state index in [1.165, 1.54) is 11.8 Å². The number of amides is 1. The van der Waals surface area contributed by atoms with Gasteiger partial charge in [-0.1, -0.05) is 30.3 Å². The van der Waals surface area contributed by atoms with Gasteiger partial charge in [-0.2, -0.15) is 0 Å². The molecular weight excluding hydrogens is 230 g/mol. The fourth-order valence-corrected chi connectivity index (χ4v) is 1.71. The van der Waals surface area contributed by atoms with Crippen LogP contribution in [0.5, 0.6) is 0 Å². The molecule has 0 atom stereocenters. The number of hydrogen-bond acceptors (Lipinski definition) is 3. The third-order valence-electron chi connectivity index (χ3n) is 2.64. The van der Waals surface area contributed by atoms with Gasteiger partial charge in [0.2, 0.25) is 5.76 Å². The summed E-state index contributed by atoms with van der Waals surface area (Å²) >= 11 is 0. The van der Waals surface area contributed by atoms with Crippen LogP contribution in [0.2, 0.25) is 0 Å². The molecule has 0 saturated heterocycles. The van der Waals surface area contributed by atoms with Gasteiger partial charge in [-0.05, 0) is 18.4 Å². The monoisotopic (exact) mass is 247 g/mol. The molecule has 0 fully saturated rings. The van der Waals surface area contributed by atoms with Gasteiger partial charge >= 0.3 is 0 Å². The van der Waals surface area contributed by atoms with Crippen molar-refractivity contribution in [2.24, 2.45) is 0 Å². The largest absolute Gasteiger partial charge is 0.494 e. The lowest BCUT2D eigenvalue weighted by Crippen LogP contribution is -2.29. The Morgan fingerprint density at radius 3 is 2.78 bits per heavy atom. The number of carbonyl (C=O) groups is 1. The zero-order valence-electron chi connectivity index (χ0n) is 10.2. The van der Waals surface area contributed by atoms with Crippen molar-refractivity contribution in [2.75, 3.05) is 19.8 Å². The van der Waals surface area contributed by atoms with E-state index in [0.717, 1.165) is 12.8 Å². The highest BCUT2D eigenvalue weighted by molar-refractivity contribution is 5.91. The summed E-state index contributed by atoms with van der Waals surface area (Å²) in [6.45, 7) is 1.57.